The van der Waals surface area contributed by atoms with Crippen LogP contribution >= 0.6 is 0 Å². The highest BCUT2D eigenvalue weighted by molar-refractivity contribution is 5.86. The van der Waals surface area contributed by atoms with Gasteiger partial charge in [0.2, 0.25) is 0 Å². The molecular formula is C12H17F2NO3. The fourth-order valence-corrected chi connectivity index (χ4v) is 3.31. The molecule has 0 aromatic carbocycles. The van der Waals surface area contributed by atoms with E-state index in [0.717, 1.165) is 24.2 Å². The number of likely N-dealkylation sites (tertiary alicyclic amines) is 1. The zero-order valence-corrected chi connectivity index (χ0v) is 10.0. The van der Waals surface area contributed by atoms with Crippen LogP contribution in [0.3, 0.4) is 0 Å². The van der Waals surface area contributed by atoms with Gasteiger partial charge in [0.05, 0.1) is 0 Å². The summed E-state index contributed by atoms with van der Waals surface area (Å²) in [7, 11) is 0. The molecule has 3 unspecified atom stereocenters. The fraction of sp³-hybridized carbons (Fsp3) is 0.833. The Morgan fingerprint density at radius 1 is 1.11 bits per heavy atom. The Bertz CT molecular complexity index is 348. The number of hydrogen-bond acceptors (Lipinski definition) is 2. The molecule has 0 spiro atoms. The van der Waals surface area contributed by atoms with Gasteiger partial charge in [0.15, 0.2) is 0 Å². The van der Waals surface area contributed by atoms with Gasteiger partial charge in [0, 0.05) is 6.04 Å². The molecule has 0 aromatic heterocycles. The van der Waals surface area contributed by atoms with E-state index in [0.29, 0.717) is 12.8 Å². The molecule has 2 rings (SSSR count). The summed E-state index contributed by atoms with van der Waals surface area (Å²) in [5.74, 6) is -2.30. The van der Waals surface area contributed by atoms with E-state index in [1.807, 2.05) is 0 Å². The van der Waals surface area contributed by atoms with Crippen molar-refractivity contribution in [3.05, 3.63) is 0 Å². The molecular weight excluding hydrogens is 244 g/mol. The van der Waals surface area contributed by atoms with Gasteiger partial charge >= 0.3 is 12.4 Å². The summed E-state index contributed by atoms with van der Waals surface area (Å²) in [4.78, 5) is 23.7. The van der Waals surface area contributed by atoms with Gasteiger partial charge in [-0.1, -0.05) is 12.8 Å². The second kappa shape index (κ2) is 5.20. The van der Waals surface area contributed by atoms with E-state index in [9.17, 15) is 18.4 Å². The van der Waals surface area contributed by atoms with Crippen LogP contribution in [0.15, 0.2) is 0 Å². The van der Waals surface area contributed by atoms with Crippen LogP contribution < -0.4 is 0 Å². The van der Waals surface area contributed by atoms with Crippen molar-refractivity contribution in [3.63, 3.8) is 0 Å². The molecule has 2 fully saturated rings. The third-order valence-corrected chi connectivity index (χ3v) is 4.10. The molecule has 18 heavy (non-hydrogen) atoms. The zero-order valence-electron chi connectivity index (χ0n) is 10.0. The maximum atomic E-state index is 12.6. The van der Waals surface area contributed by atoms with Crippen molar-refractivity contribution >= 4 is 11.9 Å². The van der Waals surface area contributed by atoms with Crippen LogP contribution in [0.25, 0.3) is 0 Å². The zero-order chi connectivity index (χ0) is 13.3. The number of aliphatic carboxylic acids is 1. The molecule has 1 amide bonds. The lowest BCUT2D eigenvalue weighted by atomic mass is 9.76. The Hall–Kier alpha value is -1.20. The highest BCUT2D eigenvalue weighted by atomic mass is 19.3. The Morgan fingerprint density at radius 3 is 2.39 bits per heavy atom. The number of carbonyl (C=O) groups excluding carboxylic acids is 1. The van der Waals surface area contributed by atoms with Gasteiger partial charge in [0.25, 0.3) is 5.91 Å². The third-order valence-electron chi connectivity index (χ3n) is 4.10. The molecule has 1 saturated heterocycles. The van der Waals surface area contributed by atoms with E-state index in [2.05, 4.69) is 0 Å². The van der Waals surface area contributed by atoms with Gasteiger partial charge in [-0.25, -0.2) is 4.79 Å². The third kappa shape index (κ3) is 2.33. The molecule has 0 radical (unpaired) electrons. The van der Waals surface area contributed by atoms with Crippen LogP contribution in [0.4, 0.5) is 8.78 Å². The molecule has 4 nitrogen and oxygen atoms in total. The Morgan fingerprint density at radius 2 is 1.78 bits per heavy atom. The van der Waals surface area contributed by atoms with Crippen LogP contribution in [-0.4, -0.2) is 40.4 Å². The number of carboxylic acids is 1. The standard InChI is InChI=1S/C12H17F2NO3/c13-10(14)11(16)15-8-4-2-1-3-7(8)5-6-9(15)12(17)18/h7-10H,1-6H2,(H,17,18). The van der Waals surface area contributed by atoms with E-state index in [4.69, 9.17) is 5.11 Å². The molecule has 1 saturated carbocycles. The van der Waals surface area contributed by atoms with Crippen molar-refractivity contribution in [1.29, 1.82) is 0 Å². The molecule has 1 heterocycles. The highest BCUT2D eigenvalue weighted by Crippen LogP contribution is 2.38. The average Bonchev–Trinajstić information content (AvgIpc) is 2.36. The van der Waals surface area contributed by atoms with Crippen molar-refractivity contribution in [2.24, 2.45) is 5.92 Å². The molecule has 3 atom stereocenters. The molecule has 1 aliphatic heterocycles. The van der Waals surface area contributed by atoms with Crippen molar-refractivity contribution in [1.82, 2.24) is 4.90 Å². The molecule has 6 heteroatoms. The summed E-state index contributed by atoms with van der Waals surface area (Å²) in [5, 5.41) is 9.09. The van der Waals surface area contributed by atoms with Gasteiger partial charge in [-0.3, -0.25) is 4.79 Å². The summed E-state index contributed by atoms with van der Waals surface area (Å²) in [6, 6.07) is -1.39. The Balaban J connectivity index is 2.24. The molecule has 0 aromatic rings. The van der Waals surface area contributed by atoms with Crippen LogP contribution in [0.5, 0.6) is 0 Å². The first-order valence-electron chi connectivity index (χ1n) is 6.35. The lowest BCUT2D eigenvalue weighted by Gasteiger charge is -2.46. The number of fused-ring (bicyclic) bond motifs is 1. The molecule has 1 aliphatic carbocycles. The lowest BCUT2D eigenvalue weighted by Crippen LogP contribution is -2.58. The van der Waals surface area contributed by atoms with Gasteiger partial charge in [-0.15, -0.1) is 0 Å². The minimum Gasteiger partial charge on any atom is -0.480 e. The predicted octanol–water partition coefficient (Wildman–Crippen LogP) is 1.89. The molecule has 102 valence electrons. The summed E-state index contributed by atoms with van der Waals surface area (Å²) in [5.41, 5.74) is 0. The van der Waals surface area contributed by atoms with E-state index < -0.39 is 24.3 Å². The van der Waals surface area contributed by atoms with Crippen molar-refractivity contribution in [2.75, 3.05) is 0 Å². The van der Waals surface area contributed by atoms with Crippen LogP contribution in [0.1, 0.15) is 38.5 Å². The van der Waals surface area contributed by atoms with Crippen molar-refractivity contribution in [3.8, 4) is 0 Å². The quantitative estimate of drug-likeness (QED) is 0.825. The maximum absolute atomic E-state index is 12.6. The topological polar surface area (TPSA) is 57.6 Å². The van der Waals surface area contributed by atoms with Gasteiger partial charge < -0.3 is 10.0 Å². The maximum Gasteiger partial charge on any atom is 0.326 e. The Labute approximate surface area is 104 Å². The number of alkyl halides is 2. The van der Waals surface area contributed by atoms with Crippen molar-refractivity contribution < 1.29 is 23.5 Å². The lowest BCUT2D eigenvalue weighted by molar-refractivity contribution is -0.164. The largest absolute Gasteiger partial charge is 0.480 e. The average molecular weight is 261 g/mol. The SMILES string of the molecule is O=C(O)C1CCC2CCCCC2N1C(=O)C(F)F. The second-order valence-electron chi connectivity index (χ2n) is 5.09. The minimum absolute atomic E-state index is 0.192. The van der Waals surface area contributed by atoms with Gasteiger partial charge in [-0.2, -0.15) is 8.78 Å². The van der Waals surface area contributed by atoms with E-state index in [-0.39, 0.29) is 18.4 Å². The molecule has 0 bridgehead atoms. The monoisotopic (exact) mass is 261 g/mol. The highest BCUT2D eigenvalue weighted by Gasteiger charge is 2.45. The molecule has 1 N–H and O–H groups in total. The smallest absolute Gasteiger partial charge is 0.326 e. The minimum atomic E-state index is -3.12. The van der Waals surface area contributed by atoms with Crippen LogP contribution in [-0.2, 0) is 9.59 Å². The van der Waals surface area contributed by atoms with Gasteiger partial charge in [0.1, 0.15) is 6.04 Å². The van der Waals surface area contributed by atoms with Crippen molar-refractivity contribution in [2.45, 2.75) is 57.0 Å². The number of amides is 1. The summed E-state index contributed by atoms with van der Waals surface area (Å²) in [6.45, 7) is 0. The summed E-state index contributed by atoms with van der Waals surface area (Å²) >= 11 is 0. The fourth-order valence-electron chi connectivity index (χ4n) is 3.31. The first-order valence-corrected chi connectivity index (χ1v) is 6.35. The summed E-state index contributed by atoms with van der Waals surface area (Å²) in [6.07, 6.45) is 1.35. The second-order valence-corrected chi connectivity index (χ2v) is 5.09. The number of carbonyl (C=O) groups is 2. The first kappa shape index (κ1) is 13.2. The Kier molecular flexibility index (Phi) is 3.82. The van der Waals surface area contributed by atoms with E-state index in [1.54, 1.807) is 0 Å². The van der Waals surface area contributed by atoms with Crippen LogP contribution in [0.2, 0.25) is 0 Å². The normalized spacial score (nSPS) is 32.2. The van der Waals surface area contributed by atoms with Crippen LogP contribution in [0, 0.1) is 5.92 Å². The van der Waals surface area contributed by atoms with Gasteiger partial charge in [-0.05, 0) is 31.6 Å². The molecule has 2 aliphatic rings. The number of hydrogen-bond donors (Lipinski definition) is 1. The number of piperidine rings is 1. The number of carboxylic acid groups (broad SMARTS) is 1. The van der Waals surface area contributed by atoms with E-state index >= 15 is 0 Å². The number of halogens is 2. The summed E-state index contributed by atoms with van der Waals surface area (Å²) < 4.78 is 25.2. The first-order chi connectivity index (χ1) is 8.52. The predicted molar refractivity (Wildman–Crippen MR) is 59.3 cm³/mol. The van der Waals surface area contributed by atoms with E-state index in [1.165, 1.54) is 0 Å². The number of rotatable bonds is 2. The number of nitrogens with zero attached hydrogens (tertiary/aromatic N) is 1.